The molecule has 0 saturated carbocycles. The average Bonchev–Trinajstić information content (AvgIpc) is 2.74. The van der Waals surface area contributed by atoms with Crippen molar-refractivity contribution >= 4 is 5.65 Å². The highest BCUT2D eigenvalue weighted by Gasteiger charge is 2.08. The van der Waals surface area contributed by atoms with Gasteiger partial charge in [0.25, 0.3) is 0 Å². The Balaban J connectivity index is 2.64. The van der Waals surface area contributed by atoms with Gasteiger partial charge in [0.15, 0.2) is 5.65 Å². The summed E-state index contributed by atoms with van der Waals surface area (Å²) in [7, 11) is 0. The van der Waals surface area contributed by atoms with Crippen LogP contribution in [0, 0.1) is 0 Å². The fourth-order valence-corrected chi connectivity index (χ4v) is 1.88. The van der Waals surface area contributed by atoms with Crippen LogP contribution in [0.4, 0.5) is 0 Å². The van der Waals surface area contributed by atoms with Crippen LogP contribution in [0.2, 0.25) is 0 Å². The fraction of sp³-hybridized carbons (Fsp3) is 0.545. The van der Waals surface area contributed by atoms with Crippen molar-refractivity contribution in [3.8, 4) is 0 Å². The minimum absolute atomic E-state index is 0.0540. The number of rotatable bonds is 4. The Hall–Kier alpha value is -1.65. The number of fused-ring (bicyclic) bond motifs is 1. The molecule has 0 amide bonds. The smallest absolute Gasteiger partial charge is 0.300 e. The molecule has 0 aliphatic carbocycles. The Morgan fingerprint density at radius 3 is 2.81 bits per heavy atom. The third-order valence-electron chi connectivity index (χ3n) is 2.58. The zero-order valence-electron chi connectivity index (χ0n) is 9.68. The summed E-state index contributed by atoms with van der Waals surface area (Å²) in [4.78, 5) is 12.0. The van der Waals surface area contributed by atoms with Crippen LogP contribution in [0.25, 0.3) is 5.65 Å². The van der Waals surface area contributed by atoms with Crippen molar-refractivity contribution in [3.63, 3.8) is 0 Å². The predicted molar refractivity (Wildman–Crippen MR) is 61.5 cm³/mol. The first-order chi connectivity index (χ1) is 7.77. The number of hydrogen-bond donors (Lipinski definition) is 0. The first kappa shape index (κ1) is 10.9. The van der Waals surface area contributed by atoms with Gasteiger partial charge in [0.05, 0.1) is 0 Å². The standard InChI is InChI=1S/C11H16N4O/c1-3-5-9-7-14(6-4-2)11(16)15-8-12-13-10(9)15/h7-8H,3-6H2,1-2H3. The monoisotopic (exact) mass is 220 g/mol. The molecule has 0 aromatic carbocycles. The Kier molecular flexibility index (Phi) is 3.03. The molecule has 2 aromatic heterocycles. The van der Waals surface area contributed by atoms with E-state index in [1.807, 2.05) is 6.20 Å². The second-order valence-electron chi connectivity index (χ2n) is 3.90. The summed E-state index contributed by atoms with van der Waals surface area (Å²) >= 11 is 0. The SMILES string of the molecule is CCCc1cn(CCC)c(=O)n2cnnc12. The summed E-state index contributed by atoms with van der Waals surface area (Å²) < 4.78 is 3.27. The van der Waals surface area contributed by atoms with Gasteiger partial charge in [0.1, 0.15) is 6.33 Å². The van der Waals surface area contributed by atoms with Crippen LogP contribution < -0.4 is 5.69 Å². The van der Waals surface area contributed by atoms with Crippen molar-refractivity contribution in [1.82, 2.24) is 19.2 Å². The normalized spacial score (nSPS) is 11.1. The van der Waals surface area contributed by atoms with E-state index in [1.165, 1.54) is 10.7 Å². The van der Waals surface area contributed by atoms with Gasteiger partial charge in [-0.25, -0.2) is 9.20 Å². The second kappa shape index (κ2) is 4.47. The van der Waals surface area contributed by atoms with Crippen LogP contribution in [0.5, 0.6) is 0 Å². The molecule has 2 rings (SSSR count). The molecule has 2 heterocycles. The quantitative estimate of drug-likeness (QED) is 0.779. The van der Waals surface area contributed by atoms with E-state index in [9.17, 15) is 4.79 Å². The zero-order valence-corrected chi connectivity index (χ0v) is 9.68. The lowest BCUT2D eigenvalue weighted by molar-refractivity contribution is 0.621. The molecular weight excluding hydrogens is 204 g/mol. The number of aromatic nitrogens is 4. The molecule has 0 spiro atoms. The van der Waals surface area contributed by atoms with E-state index >= 15 is 0 Å². The fourth-order valence-electron chi connectivity index (χ4n) is 1.88. The lowest BCUT2D eigenvalue weighted by atomic mass is 10.2. The molecule has 0 aliphatic rings. The average molecular weight is 220 g/mol. The number of aryl methyl sites for hydroxylation is 2. The highest BCUT2D eigenvalue weighted by atomic mass is 16.1. The van der Waals surface area contributed by atoms with E-state index in [0.717, 1.165) is 31.4 Å². The molecule has 5 heteroatoms. The van der Waals surface area contributed by atoms with Gasteiger partial charge in [0.2, 0.25) is 0 Å². The minimum Gasteiger partial charge on any atom is -0.300 e. The predicted octanol–water partition coefficient (Wildman–Crippen LogP) is 1.25. The molecule has 0 unspecified atom stereocenters. The summed E-state index contributed by atoms with van der Waals surface area (Å²) in [5.41, 5.74) is 1.73. The molecular formula is C11H16N4O. The lowest BCUT2D eigenvalue weighted by Gasteiger charge is -2.07. The molecule has 86 valence electrons. The van der Waals surface area contributed by atoms with Crippen molar-refractivity contribution in [2.75, 3.05) is 0 Å². The van der Waals surface area contributed by atoms with Crippen molar-refractivity contribution in [2.45, 2.75) is 39.7 Å². The van der Waals surface area contributed by atoms with Crippen LogP contribution in [0.1, 0.15) is 32.3 Å². The molecule has 0 aliphatic heterocycles. The van der Waals surface area contributed by atoms with Crippen LogP contribution in [-0.2, 0) is 13.0 Å². The maximum Gasteiger partial charge on any atom is 0.335 e. The molecule has 2 aromatic rings. The van der Waals surface area contributed by atoms with Gasteiger partial charge in [-0.15, -0.1) is 10.2 Å². The molecule has 0 saturated heterocycles. The summed E-state index contributed by atoms with van der Waals surface area (Å²) in [6.45, 7) is 4.91. The largest absolute Gasteiger partial charge is 0.335 e. The highest BCUT2D eigenvalue weighted by Crippen LogP contribution is 2.07. The molecule has 0 bridgehead atoms. The molecule has 16 heavy (non-hydrogen) atoms. The van der Waals surface area contributed by atoms with Gasteiger partial charge in [-0.2, -0.15) is 0 Å². The lowest BCUT2D eigenvalue weighted by Crippen LogP contribution is -2.26. The van der Waals surface area contributed by atoms with Crippen LogP contribution >= 0.6 is 0 Å². The Morgan fingerprint density at radius 2 is 2.12 bits per heavy atom. The topological polar surface area (TPSA) is 52.2 Å². The Bertz CT molecular complexity index is 540. The van der Waals surface area contributed by atoms with Crippen LogP contribution in [-0.4, -0.2) is 19.2 Å². The van der Waals surface area contributed by atoms with Gasteiger partial charge in [-0.3, -0.25) is 4.57 Å². The van der Waals surface area contributed by atoms with Crippen molar-refractivity contribution in [2.24, 2.45) is 0 Å². The zero-order chi connectivity index (χ0) is 11.5. The maximum absolute atomic E-state index is 12.0. The van der Waals surface area contributed by atoms with Gasteiger partial charge in [0, 0.05) is 18.3 Å². The highest BCUT2D eigenvalue weighted by molar-refractivity contribution is 5.44. The summed E-state index contributed by atoms with van der Waals surface area (Å²) in [5, 5.41) is 7.80. The van der Waals surface area contributed by atoms with Gasteiger partial charge < -0.3 is 0 Å². The summed E-state index contributed by atoms with van der Waals surface area (Å²) in [6, 6.07) is 0. The first-order valence-electron chi connectivity index (χ1n) is 5.70. The van der Waals surface area contributed by atoms with Crippen LogP contribution in [0.3, 0.4) is 0 Å². The molecule has 5 nitrogen and oxygen atoms in total. The first-order valence-corrected chi connectivity index (χ1v) is 5.70. The third kappa shape index (κ3) is 1.73. The third-order valence-corrected chi connectivity index (χ3v) is 2.58. The minimum atomic E-state index is -0.0540. The van der Waals surface area contributed by atoms with E-state index in [0.29, 0.717) is 5.65 Å². The van der Waals surface area contributed by atoms with Gasteiger partial charge in [-0.1, -0.05) is 20.3 Å². The molecule has 0 radical (unpaired) electrons. The van der Waals surface area contributed by atoms with E-state index in [1.54, 1.807) is 4.57 Å². The molecule has 0 N–H and O–H groups in total. The van der Waals surface area contributed by atoms with E-state index in [2.05, 4.69) is 24.0 Å². The number of hydrogen-bond acceptors (Lipinski definition) is 3. The maximum atomic E-state index is 12.0. The van der Waals surface area contributed by atoms with E-state index < -0.39 is 0 Å². The second-order valence-corrected chi connectivity index (χ2v) is 3.90. The molecule has 0 fully saturated rings. The van der Waals surface area contributed by atoms with Crippen molar-refractivity contribution in [3.05, 3.63) is 28.6 Å². The summed E-state index contributed by atoms with van der Waals surface area (Å²) in [6.07, 6.45) is 6.31. The van der Waals surface area contributed by atoms with Gasteiger partial charge in [-0.05, 0) is 12.8 Å². The summed E-state index contributed by atoms with van der Waals surface area (Å²) in [5.74, 6) is 0. The number of nitrogens with zero attached hydrogens (tertiary/aromatic N) is 4. The van der Waals surface area contributed by atoms with E-state index in [-0.39, 0.29) is 5.69 Å². The Labute approximate surface area is 93.7 Å². The van der Waals surface area contributed by atoms with E-state index in [4.69, 9.17) is 0 Å². The van der Waals surface area contributed by atoms with Crippen LogP contribution in [0.15, 0.2) is 17.3 Å². The van der Waals surface area contributed by atoms with Crippen molar-refractivity contribution < 1.29 is 0 Å². The Morgan fingerprint density at radius 1 is 1.31 bits per heavy atom. The van der Waals surface area contributed by atoms with Gasteiger partial charge >= 0.3 is 5.69 Å². The van der Waals surface area contributed by atoms with Crippen molar-refractivity contribution in [1.29, 1.82) is 0 Å². The molecule has 0 atom stereocenters.